The maximum Gasteiger partial charge on any atom is 0.252 e. The van der Waals surface area contributed by atoms with E-state index < -0.39 is 0 Å². The van der Waals surface area contributed by atoms with Gasteiger partial charge in [0, 0.05) is 50.2 Å². The highest BCUT2D eigenvalue weighted by Gasteiger charge is 2.26. The maximum atomic E-state index is 11.9. The Morgan fingerprint density at radius 3 is 2.88 bits per heavy atom. The molecule has 0 bridgehead atoms. The van der Waals surface area contributed by atoms with Gasteiger partial charge in [0.25, 0.3) is 5.91 Å². The van der Waals surface area contributed by atoms with Gasteiger partial charge >= 0.3 is 0 Å². The van der Waals surface area contributed by atoms with Crippen LogP contribution >= 0.6 is 0 Å². The van der Waals surface area contributed by atoms with Crippen LogP contribution in [0.5, 0.6) is 0 Å². The van der Waals surface area contributed by atoms with Crippen LogP contribution in [-0.2, 0) is 0 Å². The van der Waals surface area contributed by atoms with Gasteiger partial charge < -0.3 is 14.8 Å². The molecule has 1 atom stereocenters. The molecule has 0 aromatic carbocycles. The molecule has 3 rings (SSSR count). The highest BCUT2D eigenvalue weighted by atomic mass is 16.1. The zero-order chi connectivity index (χ0) is 17.8. The molecule has 1 fully saturated rings. The van der Waals surface area contributed by atoms with Gasteiger partial charge in [-0.3, -0.25) is 4.79 Å². The lowest BCUT2D eigenvalue weighted by atomic mass is 9.97. The average molecular weight is 341 g/mol. The molecule has 1 N–H and O–H groups in total. The summed E-state index contributed by atoms with van der Waals surface area (Å²) < 4.78 is 2.26. The second-order valence-electron chi connectivity index (χ2n) is 6.84. The summed E-state index contributed by atoms with van der Waals surface area (Å²) in [5, 5.41) is 2.80. The van der Waals surface area contributed by atoms with Crippen LogP contribution in [0.2, 0.25) is 0 Å². The molecule has 1 saturated heterocycles. The van der Waals surface area contributed by atoms with Gasteiger partial charge in [-0.1, -0.05) is 0 Å². The highest BCUT2D eigenvalue weighted by molar-refractivity contribution is 5.94. The molecular formula is C19H27N5O. The number of hydrogen-bond acceptors (Lipinski definition) is 4. The largest absolute Gasteiger partial charge is 0.356 e. The van der Waals surface area contributed by atoms with Crippen molar-refractivity contribution in [1.82, 2.24) is 19.9 Å². The Labute approximate surface area is 149 Å². The fourth-order valence-corrected chi connectivity index (χ4v) is 3.44. The van der Waals surface area contributed by atoms with Gasteiger partial charge in [0.2, 0.25) is 0 Å². The number of nitrogens with one attached hydrogen (secondary N) is 1. The lowest BCUT2D eigenvalue weighted by molar-refractivity contribution is 0.0955. The first-order valence-corrected chi connectivity index (χ1v) is 9.12. The summed E-state index contributed by atoms with van der Waals surface area (Å²) in [6.07, 6.45) is 7.90. The van der Waals surface area contributed by atoms with E-state index in [4.69, 9.17) is 0 Å². The molecule has 0 spiro atoms. The molecular weight excluding hydrogens is 314 g/mol. The third kappa shape index (κ3) is 3.83. The van der Waals surface area contributed by atoms with Gasteiger partial charge in [-0.05, 0) is 45.7 Å². The van der Waals surface area contributed by atoms with E-state index >= 15 is 0 Å². The van der Waals surface area contributed by atoms with Crippen LogP contribution in [-0.4, -0.2) is 40.1 Å². The Bertz CT molecular complexity index is 707. The number of pyridine rings is 1. The highest BCUT2D eigenvalue weighted by Crippen LogP contribution is 2.29. The zero-order valence-electron chi connectivity index (χ0n) is 15.3. The van der Waals surface area contributed by atoms with E-state index in [-0.39, 0.29) is 5.91 Å². The van der Waals surface area contributed by atoms with E-state index in [1.54, 1.807) is 6.20 Å². The minimum Gasteiger partial charge on any atom is -0.356 e. The molecule has 6 heteroatoms. The van der Waals surface area contributed by atoms with Crippen molar-refractivity contribution in [2.75, 3.05) is 24.5 Å². The second kappa shape index (κ2) is 7.68. The van der Waals surface area contributed by atoms with Gasteiger partial charge in [-0.25, -0.2) is 9.97 Å². The number of amides is 1. The van der Waals surface area contributed by atoms with E-state index in [2.05, 4.69) is 44.8 Å². The number of nitrogens with zero attached hydrogens (tertiary/aromatic N) is 4. The number of imidazole rings is 1. The molecule has 2 aromatic rings. The number of carbonyl (C=O) groups is 1. The molecule has 1 unspecified atom stereocenters. The predicted molar refractivity (Wildman–Crippen MR) is 99.0 cm³/mol. The standard InChI is InChI=1S/C19H27N5O/c1-4-20-19(25)15-7-8-17(22-12-15)23-10-5-6-16(13-23)18-21-9-11-24(18)14(2)3/h7-9,11-12,14,16H,4-6,10,13H2,1-3H3,(H,20,25). The van der Waals surface area contributed by atoms with Crippen molar-refractivity contribution in [2.45, 2.75) is 45.6 Å². The topological polar surface area (TPSA) is 63.1 Å². The number of piperidine rings is 1. The summed E-state index contributed by atoms with van der Waals surface area (Å²) in [7, 11) is 0. The Hall–Kier alpha value is -2.37. The minimum atomic E-state index is -0.0722. The van der Waals surface area contributed by atoms with Gasteiger partial charge in [-0.15, -0.1) is 0 Å². The Balaban J connectivity index is 1.73. The van der Waals surface area contributed by atoms with Gasteiger partial charge in [-0.2, -0.15) is 0 Å². The van der Waals surface area contributed by atoms with Crippen LogP contribution in [0.1, 0.15) is 61.8 Å². The smallest absolute Gasteiger partial charge is 0.252 e. The van der Waals surface area contributed by atoms with E-state index in [1.807, 2.05) is 25.3 Å². The monoisotopic (exact) mass is 341 g/mol. The molecule has 25 heavy (non-hydrogen) atoms. The Kier molecular flexibility index (Phi) is 5.36. The van der Waals surface area contributed by atoms with Gasteiger partial charge in [0.1, 0.15) is 11.6 Å². The van der Waals surface area contributed by atoms with Crippen LogP contribution in [0, 0.1) is 0 Å². The third-order valence-corrected chi connectivity index (χ3v) is 4.71. The molecule has 0 aliphatic carbocycles. The number of anilines is 1. The molecule has 134 valence electrons. The van der Waals surface area contributed by atoms with Crippen LogP contribution < -0.4 is 10.2 Å². The summed E-state index contributed by atoms with van der Waals surface area (Å²) >= 11 is 0. The van der Waals surface area contributed by atoms with Crippen molar-refractivity contribution in [3.05, 3.63) is 42.1 Å². The van der Waals surface area contributed by atoms with Gasteiger partial charge in [0.15, 0.2) is 0 Å². The molecule has 1 aliphatic rings. The molecule has 6 nitrogen and oxygen atoms in total. The molecule has 3 heterocycles. The molecule has 0 saturated carbocycles. The summed E-state index contributed by atoms with van der Waals surface area (Å²) in [6.45, 7) is 8.82. The first-order chi connectivity index (χ1) is 12.1. The van der Waals surface area contributed by atoms with Crippen LogP contribution in [0.4, 0.5) is 5.82 Å². The van der Waals surface area contributed by atoms with E-state index in [9.17, 15) is 4.79 Å². The summed E-state index contributed by atoms with van der Waals surface area (Å²) in [4.78, 5) is 23.3. The fraction of sp³-hybridized carbons (Fsp3) is 0.526. The third-order valence-electron chi connectivity index (χ3n) is 4.71. The maximum absolute atomic E-state index is 11.9. The summed E-state index contributed by atoms with van der Waals surface area (Å²) in [6, 6.07) is 4.22. The summed E-state index contributed by atoms with van der Waals surface area (Å²) in [5.74, 6) is 2.44. The zero-order valence-corrected chi connectivity index (χ0v) is 15.3. The lowest BCUT2D eigenvalue weighted by Gasteiger charge is -2.34. The quantitative estimate of drug-likeness (QED) is 0.908. The van der Waals surface area contributed by atoms with Crippen LogP contribution in [0.3, 0.4) is 0 Å². The van der Waals surface area contributed by atoms with E-state index in [1.165, 1.54) is 5.82 Å². The number of rotatable bonds is 5. The van der Waals surface area contributed by atoms with Gasteiger partial charge in [0.05, 0.1) is 5.56 Å². The van der Waals surface area contributed by atoms with Crippen LogP contribution in [0.25, 0.3) is 0 Å². The molecule has 1 aliphatic heterocycles. The summed E-state index contributed by atoms with van der Waals surface area (Å²) in [5.41, 5.74) is 0.606. The van der Waals surface area contributed by atoms with Crippen molar-refractivity contribution in [3.63, 3.8) is 0 Å². The molecule has 2 aromatic heterocycles. The second-order valence-corrected chi connectivity index (χ2v) is 6.84. The van der Waals surface area contributed by atoms with Crippen LogP contribution in [0.15, 0.2) is 30.7 Å². The van der Waals surface area contributed by atoms with Crippen molar-refractivity contribution in [3.8, 4) is 0 Å². The van der Waals surface area contributed by atoms with Crippen molar-refractivity contribution in [1.29, 1.82) is 0 Å². The lowest BCUT2D eigenvalue weighted by Crippen LogP contribution is -2.36. The predicted octanol–water partition coefficient (Wildman–Crippen LogP) is 2.99. The Morgan fingerprint density at radius 2 is 2.20 bits per heavy atom. The van der Waals surface area contributed by atoms with Crippen molar-refractivity contribution >= 4 is 11.7 Å². The number of aromatic nitrogens is 3. The van der Waals surface area contributed by atoms with Crippen molar-refractivity contribution in [2.24, 2.45) is 0 Å². The number of carbonyl (C=O) groups excluding carboxylic acids is 1. The first-order valence-electron chi connectivity index (χ1n) is 9.12. The van der Waals surface area contributed by atoms with Crippen molar-refractivity contribution < 1.29 is 4.79 Å². The first kappa shape index (κ1) is 17.5. The Morgan fingerprint density at radius 1 is 1.36 bits per heavy atom. The fourth-order valence-electron chi connectivity index (χ4n) is 3.44. The van der Waals surface area contributed by atoms with E-state index in [0.717, 1.165) is 31.7 Å². The SMILES string of the molecule is CCNC(=O)c1ccc(N2CCCC(c3nccn3C(C)C)C2)nc1. The molecule has 0 radical (unpaired) electrons. The normalized spacial score (nSPS) is 17.8. The average Bonchev–Trinajstić information content (AvgIpc) is 3.12. The van der Waals surface area contributed by atoms with E-state index in [0.29, 0.717) is 24.1 Å². The minimum absolute atomic E-state index is 0.0722. The molecule has 1 amide bonds. The number of hydrogen-bond donors (Lipinski definition) is 1.